The van der Waals surface area contributed by atoms with Crippen LogP contribution in [0.1, 0.15) is 33.4 Å². The summed E-state index contributed by atoms with van der Waals surface area (Å²) < 4.78 is 4.52. The van der Waals surface area contributed by atoms with E-state index in [1.54, 1.807) is 0 Å². The Morgan fingerprint density at radius 3 is 1.12 bits per heavy atom. The van der Waals surface area contributed by atoms with Crippen molar-refractivity contribution in [2.24, 2.45) is 0 Å². The molecule has 7 heteroatoms. The molecule has 0 radical (unpaired) electrons. The summed E-state index contributed by atoms with van der Waals surface area (Å²) >= 11 is 0. The van der Waals surface area contributed by atoms with Gasteiger partial charge in [0.2, 0.25) is 0 Å². The third-order valence-electron chi connectivity index (χ3n) is 11.0. The monoisotopic (exact) mass is 745 g/mol. The Morgan fingerprint density at radius 2 is 0.759 bits per heavy atom. The molecule has 0 aliphatic heterocycles. The van der Waals surface area contributed by atoms with Gasteiger partial charge < -0.3 is 9.13 Å². The predicted octanol–water partition coefficient (Wildman–Crippen LogP) is 12.0. The Kier molecular flexibility index (Phi) is 8.00. The molecule has 3 heterocycles. The number of hydrogen-bond acceptors (Lipinski definition) is 5. The molecule has 58 heavy (non-hydrogen) atoms. The molecular weight excluding hydrogens is 711 g/mol. The molecule has 0 unspecified atom stereocenters. The van der Waals surface area contributed by atoms with Gasteiger partial charge in [-0.3, -0.25) is 0 Å². The number of hydrogen-bond donors (Lipinski definition) is 0. The lowest BCUT2D eigenvalue weighted by Crippen LogP contribution is -2.06. The molecule has 0 spiro atoms. The first-order valence-corrected chi connectivity index (χ1v) is 19.2. The van der Waals surface area contributed by atoms with Crippen molar-refractivity contribution in [2.45, 2.75) is 27.7 Å². The maximum absolute atomic E-state index is 10.3. The lowest BCUT2D eigenvalue weighted by Gasteiger charge is -2.17. The number of fused-ring (bicyclic) bond motifs is 6. The number of aromatic nitrogens is 5. The average molecular weight is 746 g/mol. The van der Waals surface area contributed by atoms with E-state index in [4.69, 9.17) is 15.0 Å². The minimum Gasteiger partial charge on any atom is -0.308 e. The van der Waals surface area contributed by atoms with Crippen LogP contribution >= 0.6 is 0 Å². The lowest BCUT2D eigenvalue weighted by molar-refractivity contribution is 1.06. The molecule has 0 amide bonds. The molecule has 274 valence electrons. The van der Waals surface area contributed by atoms with Crippen LogP contribution in [0, 0.1) is 50.4 Å². The molecule has 7 aromatic carbocycles. The fourth-order valence-corrected chi connectivity index (χ4v) is 8.29. The van der Waals surface area contributed by atoms with E-state index in [0.29, 0.717) is 39.7 Å². The number of benzene rings is 7. The van der Waals surface area contributed by atoms with E-state index in [1.165, 1.54) is 0 Å². The average Bonchev–Trinajstić information content (AvgIpc) is 3.73. The van der Waals surface area contributed by atoms with Crippen molar-refractivity contribution in [1.29, 1.82) is 10.5 Å². The minimum absolute atomic E-state index is 0.411. The van der Waals surface area contributed by atoms with Gasteiger partial charge in [-0.25, -0.2) is 15.0 Å². The Hall–Kier alpha value is -7.87. The van der Waals surface area contributed by atoms with Gasteiger partial charge in [-0.05, 0) is 111 Å². The summed E-state index contributed by atoms with van der Waals surface area (Å²) in [6.45, 7) is 8.40. The molecule has 10 aromatic rings. The van der Waals surface area contributed by atoms with Gasteiger partial charge in [-0.15, -0.1) is 0 Å². The zero-order valence-electron chi connectivity index (χ0n) is 32.4. The first kappa shape index (κ1) is 34.6. The quantitative estimate of drug-likeness (QED) is 0.175. The van der Waals surface area contributed by atoms with Crippen LogP contribution in [0.3, 0.4) is 0 Å². The summed E-state index contributed by atoms with van der Waals surface area (Å²) in [6, 6.07) is 52.1. The zero-order valence-corrected chi connectivity index (χ0v) is 32.4. The second-order valence-corrected chi connectivity index (χ2v) is 15.1. The molecule has 0 bridgehead atoms. The van der Waals surface area contributed by atoms with Crippen LogP contribution in [-0.2, 0) is 0 Å². The van der Waals surface area contributed by atoms with E-state index in [1.807, 2.05) is 66.7 Å². The molecular formula is C51H35N7. The standard InChI is InChI=1S/C51H35N7/c1-30-10-16-37-38-17-11-31(2)23-46(38)57(45(37)22-30)43-20-14-34(28-52)26-41(43)50-54-49(36-8-6-5-7-9-36)55-51(56-50)42-27-35(29-53)15-21-44(42)58-47-24-32(3)12-18-39(47)40-19-13-33(4)25-48(40)58/h5-27H,1-4H3. The van der Waals surface area contributed by atoms with Crippen molar-refractivity contribution in [3.05, 3.63) is 173 Å². The Bertz CT molecular complexity index is 3090. The third kappa shape index (κ3) is 5.60. The molecule has 0 saturated heterocycles. The lowest BCUT2D eigenvalue weighted by atomic mass is 10.1. The van der Waals surface area contributed by atoms with Gasteiger partial charge >= 0.3 is 0 Å². The van der Waals surface area contributed by atoms with Crippen LogP contribution in [0.4, 0.5) is 0 Å². The van der Waals surface area contributed by atoms with Gasteiger partial charge in [0, 0.05) is 38.2 Å². The van der Waals surface area contributed by atoms with Crippen LogP contribution < -0.4 is 0 Å². The Labute approximate surface area is 335 Å². The van der Waals surface area contributed by atoms with Gasteiger partial charge in [-0.2, -0.15) is 10.5 Å². The van der Waals surface area contributed by atoms with Crippen molar-refractivity contribution < 1.29 is 0 Å². The van der Waals surface area contributed by atoms with Crippen molar-refractivity contribution in [3.63, 3.8) is 0 Å². The first-order chi connectivity index (χ1) is 28.3. The van der Waals surface area contributed by atoms with Crippen LogP contribution in [0.15, 0.2) is 140 Å². The zero-order chi connectivity index (χ0) is 39.7. The first-order valence-electron chi connectivity index (χ1n) is 19.2. The normalized spacial score (nSPS) is 11.4. The van der Waals surface area contributed by atoms with Gasteiger partial charge in [-0.1, -0.05) is 78.9 Å². The van der Waals surface area contributed by atoms with Gasteiger partial charge in [0.1, 0.15) is 0 Å². The maximum atomic E-state index is 10.3. The second-order valence-electron chi connectivity index (χ2n) is 15.1. The van der Waals surface area contributed by atoms with E-state index >= 15 is 0 Å². The molecule has 0 atom stereocenters. The fraction of sp³-hybridized carbons (Fsp3) is 0.0784. The summed E-state index contributed by atoms with van der Waals surface area (Å²) in [5, 5.41) is 25.1. The maximum Gasteiger partial charge on any atom is 0.166 e. The van der Waals surface area contributed by atoms with Crippen LogP contribution in [0.25, 0.3) is 89.2 Å². The van der Waals surface area contributed by atoms with Gasteiger partial charge in [0.15, 0.2) is 17.5 Å². The number of nitrogens with zero attached hydrogens (tertiary/aromatic N) is 7. The third-order valence-corrected chi connectivity index (χ3v) is 11.0. The highest BCUT2D eigenvalue weighted by atomic mass is 15.1. The molecule has 0 aliphatic carbocycles. The summed E-state index contributed by atoms with van der Waals surface area (Å²) in [5.74, 6) is 1.30. The smallest absolute Gasteiger partial charge is 0.166 e. The summed E-state index contributed by atoms with van der Waals surface area (Å²) in [4.78, 5) is 15.7. The van der Waals surface area contributed by atoms with Crippen molar-refractivity contribution in [2.75, 3.05) is 0 Å². The number of rotatable bonds is 5. The molecule has 3 aromatic heterocycles. The number of nitriles is 2. The largest absolute Gasteiger partial charge is 0.308 e. The highest BCUT2D eigenvalue weighted by Gasteiger charge is 2.23. The Balaban J connectivity index is 1.31. The van der Waals surface area contributed by atoms with Crippen LogP contribution in [-0.4, -0.2) is 24.1 Å². The van der Waals surface area contributed by atoms with E-state index in [9.17, 15) is 10.5 Å². The minimum atomic E-state index is 0.411. The topological polar surface area (TPSA) is 96.1 Å². The SMILES string of the molecule is Cc1ccc2c3ccc(C)cc3n(-c3ccc(C#N)cc3-c3nc(-c4ccccc4)nc(-c4cc(C#N)ccc4-n4c5cc(C)ccc5c5ccc(C)cc54)n3)c2c1. The van der Waals surface area contributed by atoms with E-state index < -0.39 is 0 Å². The molecule has 0 aliphatic rings. The molecule has 10 rings (SSSR count). The fourth-order valence-electron chi connectivity index (χ4n) is 8.29. The van der Waals surface area contributed by atoms with Crippen molar-refractivity contribution in [3.8, 4) is 57.7 Å². The van der Waals surface area contributed by atoms with Crippen molar-refractivity contribution >= 4 is 43.6 Å². The highest BCUT2D eigenvalue weighted by Crippen LogP contribution is 2.40. The van der Waals surface area contributed by atoms with Gasteiger partial charge in [0.05, 0.1) is 56.7 Å². The van der Waals surface area contributed by atoms with Crippen LogP contribution in [0.5, 0.6) is 0 Å². The second kappa shape index (κ2) is 13.4. The molecule has 0 N–H and O–H groups in total. The molecule has 0 saturated carbocycles. The van der Waals surface area contributed by atoms with Gasteiger partial charge in [0.25, 0.3) is 0 Å². The Morgan fingerprint density at radius 1 is 0.397 bits per heavy atom. The van der Waals surface area contributed by atoms with Crippen LogP contribution in [0.2, 0.25) is 0 Å². The van der Waals surface area contributed by atoms with Crippen molar-refractivity contribution in [1.82, 2.24) is 24.1 Å². The highest BCUT2D eigenvalue weighted by molar-refractivity contribution is 6.11. The summed E-state index contributed by atoms with van der Waals surface area (Å²) in [7, 11) is 0. The van der Waals surface area contributed by atoms with E-state index in [0.717, 1.165) is 82.8 Å². The summed E-state index contributed by atoms with van der Waals surface area (Å²) in [5.41, 5.74) is 13.6. The predicted molar refractivity (Wildman–Crippen MR) is 233 cm³/mol. The molecule has 0 fully saturated rings. The van der Waals surface area contributed by atoms with E-state index in [2.05, 4.69) is 122 Å². The summed E-state index contributed by atoms with van der Waals surface area (Å²) in [6.07, 6.45) is 0. The number of aryl methyl sites for hydroxylation is 4. The molecule has 7 nitrogen and oxygen atoms in total. The van der Waals surface area contributed by atoms with E-state index in [-0.39, 0.29) is 0 Å².